The monoisotopic (exact) mass is 203 g/mol. The maximum absolute atomic E-state index is 5.35. The number of nitrogens with zero attached hydrogens (tertiary/aromatic N) is 2. The van der Waals surface area contributed by atoms with E-state index >= 15 is 0 Å². The van der Waals surface area contributed by atoms with Gasteiger partial charge in [-0.1, -0.05) is 18.2 Å². The van der Waals surface area contributed by atoms with Crippen LogP contribution in [0, 0.1) is 0 Å². The minimum Gasteiger partial charge on any atom is -0.379 e. The Hall–Kier alpha value is -1.06. The summed E-state index contributed by atoms with van der Waals surface area (Å²) in [5.41, 5.74) is 2.56. The van der Waals surface area contributed by atoms with Crippen molar-refractivity contribution in [3.63, 3.8) is 0 Å². The molecule has 1 aromatic rings. The third kappa shape index (κ3) is 1.73. The Kier molecular flexibility index (Phi) is 2.35. The van der Waals surface area contributed by atoms with Crippen LogP contribution in [0.2, 0.25) is 0 Å². The lowest BCUT2D eigenvalue weighted by molar-refractivity contribution is 0.0140. The largest absolute Gasteiger partial charge is 0.379 e. The second-order valence-corrected chi connectivity index (χ2v) is 4.09. The number of para-hydroxylation sites is 1. The Morgan fingerprint density at radius 2 is 2.00 bits per heavy atom. The highest BCUT2D eigenvalue weighted by Crippen LogP contribution is 2.27. The van der Waals surface area contributed by atoms with Crippen molar-refractivity contribution in [3.05, 3.63) is 29.8 Å². The van der Waals surface area contributed by atoms with Crippen LogP contribution in [0.4, 0.5) is 5.69 Å². The third-order valence-electron chi connectivity index (χ3n) is 3.15. The van der Waals surface area contributed by atoms with Gasteiger partial charge in [0, 0.05) is 19.5 Å². The van der Waals surface area contributed by atoms with Gasteiger partial charge < -0.3 is 4.74 Å². The number of rotatable bonds is 1. The van der Waals surface area contributed by atoms with Crippen molar-refractivity contribution in [2.75, 3.05) is 26.3 Å². The molecule has 0 saturated carbocycles. The van der Waals surface area contributed by atoms with Crippen molar-refractivity contribution in [2.24, 2.45) is 0 Å². The van der Waals surface area contributed by atoms with Gasteiger partial charge in [-0.15, -0.1) is 0 Å². The van der Waals surface area contributed by atoms with Crippen LogP contribution in [0.5, 0.6) is 0 Å². The highest BCUT2D eigenvalue weighted by molar-refractivity contribution is 5.49. The van der Waals surface area contributed by atoms with Gasteiger partial charge in [0.05, 0.1) is 18.9 Å². The lowest BCUT2D eigenvalue weighted by Gasteiger charge is -2.31. The van der Waals surface area contributed by atoms with Crippen molar-refractivity contribution < 1.29 is 4.74 Å². The van der Waals surface area contributed by atoms with E-state index in [0.29, 0.717) is 6.17 Å². The summed E-state index contributed by atoms with van der Waals surface area (Å²) in [7, 11) is 0. The van der Waals surface area contributed by atoms with Crippen molar-refractivity contribution in [1.82, 2.24) is 10.2 Å². The molecule has 1 aromatic carbocycles. The van der Waals surface area contributed by atoms with Gasteiger partial charge in [0.1, 0.15) is 6.17 Å². The molecule has 0 N–H and O–H groups in total. The normalized spacial score (nSPS) is 26.0. The van der Waals surface area contributed by atoms with Crippen LogP contribution in [0.15, 0.2) is 24.3 Å². The standard InChI is InChI=1S/C12H15N2O/c1-2-4-11-10(3-1)9-12(13-11)14-5-7-15-8-6-14/h1-4,12H,5-9H2. The predicted octanol–water partition coefficient (Wildman–Crippen LogP) is 1.14. The third-order valence-corrected chi connectivity index (χ3v) is 3.15. The fourth-order valence-corrected chi connectivity index (χ4v) is 2.30. The Balaban J connectivity index is 1.72. The number of morpholine rings is 1. The van der Waals surface area contributed by atoms with Crippen LogP contribution >= 0.6 is 0 Å². The van der Waals surface area contributed by atoms with E-state index in [1.54, 1.807) is 0 Å². The highest BCUT2D eigenvalue weighted by atomic mass is 16.5. The Labute approximate surface area is 90.0 Å². The summed E-state index contributed by atoms with van der Waals surface area (Å²) in [5, 5.41) is 4.75. The lowest BCUT2D eigenvalue weighted by Crippen LogP contribution is -2.46. The molecule has 1 saturated heterocycles. The molecular formula is C12H15N2O. The van der Waals surface area contributed by atoms with E-state index in [4.69, 9.17) is 10.1 Å². The van der Waals surface area contributed by atoms with Gasteiger partial charge in [-0.2, -0.15) is 0 Å². The van der Waals surface area contributed by atoms with Gasteiger partial charge >= 0.3 is 0 Å². The molecule has 1 atom stereocenters. The van der Waals surface area contributed by atoms with Crippen LogP contribution in [0.3, 0.4) is 0 Å². The van der Waals surface area contributed by atoms with E-state index in [0.717, 1.165) is 32.7 Å². The molecule has 1 radical (unpaired) electrons. The molecule has 0 bridgehead atoms. The summed E-state index contributed by atoms with van der Waals surface area (Å²) in [6.45, 7) is 3.73. The van der Waals surface area contributed by atoms with E-state index in [2.05, 4.69) is 29.2 Å². The molecule has 79 valence electrons. The average Bonchev–Trinajstić information content (AvgIpc) is 2.74. The van der Waals surface area contributed by atoms with Crippen LogP contribution in [-0.2, 0) is 11.2 Å². The fourth-order valence-electron chi connectivity index (χ4n) is 2.30. The van der Waals surface area contributed by atoms with Crippen molar-refractivity contribution in [1.29, 1.82) is 0 Å². The van der Waals surface area contributed by atoms with Gasteiger partial charge in [0.2, 0.25) is 0 Å². The summed E-state index contributed by atoms with van der Waals surface area (Å²) >= 11 is 0. The molecule has 0 amide bonds. The molecule has 2 heterocycles. The first-order valence-electron chi connectivity index (χ1n) is 5.54. The van der Waals surface area contributed by atoms with Crippen molar-refractivity contribution in [2.45, 2.75) is 12.6 Å². The number of hydrogen-bond donors (Lipinski definition) is 0. The van der Waals surface area contributed by atoms with Crippen LogP contribution in [0.25, 0.3) is 0 Å². The number of benzene rings is 1. The van der Waals surface area contributed by atoms with E-state index in [-0.39, 0.29) is 0 Å². The first-order valence-corrected chi connectivity index (χ1v) is 5.54. The fraction of sp³-hybridized carbons (Fsp3) is 0.500. The van der Waals surface area contributed by atoms with E-state index in [1.165, 1.54) is 11.3 Å². The first kappa shape index (κ1) is 9.19. The SMILES string of the molecule is c1ccc2c(c1)CC(N1CCOCC1)[N]2. The summed E-state index contributed by atoms with van der Waals surface area (Å²) < 4.78 is 5.35. The summed E-state index contributed by atoms with van der Waals surface area (Å²) in [6, 6.07) is 8.44. The molecular weight excluding hydrogens is 188 g/mol. The van der Waals surface area contributed by atoms with Crippen molar-refractivity contribution >= 4 is 5.69 Å². The molecule has 2 aliphatic heterocycles. The molecule has 1 fully saturated rings. The minimum atomic E-state index is 0.353. The van der Waals surface area contributed by atoms with Gasteiger partial charge in [-0.05, 0) is 11.6 Å². The smallest absolute Gasteiger partial charge is 0.107 e. The summed E-state index contributed by atoms with van der Waals surface area (Å²) in [6.07, 6.45) is 1.42. The van der Waals surface area contributed by atoms with Gasteiger partial charge in [-0.3, -0.25) is 10.2 Å². The second-order valence-electron chi connectivity index (χ2n) is 4.09. The highest BCUT2D eigenvalue weighted by Gasteiger charge is 2.28. The quantitative estimate of drug-likeness (QED) is 0.684. The molecule has 0 aromatic heterocycles. The molecule has 3 heteroatoms. The van der Waals surface area contributed by atoms with Gasteiger partial charge in [-0.25, -0.2) is 0 Å². The molecule has 0 aliphatic carbocycles. The van der Waals surface area contributed by atoms with Crippen LogP contribution in [0.1, 0.15) is 5.56 Å². The maximum atomic E-state index is 5.35. The Morgan fingerprint density at radius 3 is 2.80 bits per heavy atom. The van der Waals surface area contributed by atoms with Gasteiger partial charge in [0.15, 0.2) is 0 Å². The Bertz CT molecular complexity index is 322. The molecule has 2 aliphatic rings. The topological polar surface area (TPSA) is 26.6 Å². The number of fused-ring (bicyclic) bond motifs is 1. The maximum Gasteiger partial charge on any atom is 0.107 e. The lowest BCUT2D eigenvalue weighted by atomic mass is 10.1. The van der Waals surface area contributed by atoms with E-state index in [1.807, 2.05) is 0 Å². The van der Waals surface area contributed by atoms with Crippen molar-refractivity contribution in [3.8, 4) is 0 Å². The molecule has 3 rings (SSSR count). The van der Waals surface area contributed by atoms with Crippen LogP contribution in [-0.4, -0.2) is 37.4 Å². The van der Waals surface area contributed by atoms with E-state index < -0.39 is 0 Å². The average molecular weight is 203 g/mol. The van der Waals surface area contributed by atoms with E-state index in [9.17, 15) is 0 Å². The molecule has 1 unspecified atom stereocenters. The zero-order chi connectivity index (χ0) is 10.1. The first-order chi connectivity index (χ1) is 7.43. The summed E-state index contributed by atoms with van der Waals surface area (Å²) in [5.74, 6) is 0. The number of ether oxygens (including phenoxy) is 1. The van der Waals surface area contributed by atoms with Crippen LogP contribution < -0.4 is 5.32 Å². The Morgan fingerprint density at radius 1 is 1.20 bits per heavy atom. The predicted molar refractivity (Wildman–Crippen MR) is 58.1 cm³/mol. The second kappa shape index (κ2) is 3.83. The number of hydrogen-bond acceptors (Lipinski definition) is 2. The zero-order valence-corrected chi connectivity index (χ0v) is 8.72. The molecule has 0 spiro atoms. The van der Waals surface area contributed by atoms with Gasteiger partial charge in [0.25, 0.3) is 0 Å². The molecule has 3 nitrogen and oxygen atoms in total. The zero-order valence-electron chi connectivity index (χ0n) is 8.72. The molecule has 15 heavy (non-hydrogen) atoms. The minimum absolute atomic E-state index is 0.353. The summed E-state index contributed by atoms with van der Waals surface area (Å²) in [4.78, 5) is 2.42.